The second-order valence-electron chi connectivity index (χ2n) is 13.4. The first-order valence-corrected chi connectivity index (χ1v) is 18.6. The Bertz CT molecular complexity index is 1950. The smallest absolute Gasteiger partial charge is 0.246 e. The maximum atomic E-state index is 13.1. The van der Waals surface area contributed by atoms with E-state index in [9.17, 15) is 4.79 Å². The van der Waals surface area contributed by atoms with Crippen LogP contribution in [0.15, 0.2) is 103 Å². The van der Waals surface area contributed by atoms with Crippen LogP contribution < -0.4 is 14.2 Å². The molecule has 1 aliphatic heterocycles. The van der Waals surface area contributed by atoms with Crippen molar-refractivity contribution in [1.82, 2.24) is 19.8 Å². The van der Waals surface area contributed by atoms with Gasteiger partial charge < -0.3 is 19.1 Å². The second-order valence-corrected chi connectivity index (χ2v) is 14.2. The van der Waals surface area contributed by atoms with Gasteiger partial charge in [-0.3, -0.25) is 9.69 Å². The lowest BCUT2D eigenvalue weighted by Gasteiger charge is -2.34. The number of hydrogen-bond acceptors (Lipinski definition) is 7. The van der Waals surface area contributed by atoms with Crippen LogP contribution in [0.5, 0.6) is 23.1 Å². The molecule has 8 nitrogen and oxygen atoms in total. The molecule has 5 aromatic rings. The van der Waals surface area contributed by atoms with Gasteiger partial charge in [-0.1, -0.05) is 79.5 Å². The summed E-state index contributed by atoms with van der Waals surface area (Å²) in [6.07, 6.45) is 7.53. The minimum absolute atomic E-state index is 0.0139. The molecule has 0 bridgehead atoms. The minimum atomic E-state index is -0.0139. The molecule has 3 aromatic carbocycles. The van der Waals surface area contributed by atoms with Crippen LogP contribution in [-0.4, -0.2) is 58.5 Å². The van der Waals surface area contributed by atoms with E-state index in [1.807, 2.05) is 24.0 Å². The van der Waals surface area contributed by atoms with Crippen LogP contribution in [0, 0.1) is 6.92 Å². The van der Waals surface area contributed by atoms with Crippen LogP contribution >= 0.6 is 23.2 Å². The number of nitrogens with zero attached hydrogens (tertiary/aromatic N) is 4. The summed E-state index contributed by atoms with van der Waals surface area (Å²) in [4.78, 5) is 25.8. The molecular formula is C43H44Cl2N4O4. The van der Waals surface area contributed by atoms with Gasteiger partial charge in [-0.15, -0.1) is 0 Å². The number of carbonyl (C=O) groups is 1. The van der Waals surface area contributed by atoms with Gasteiger partial charge in [0.25, 0.3) is 0 Å². The van der Waals surface area contributed by atoms with E-state index in [-0.39, 0.29) is 5.91 Å². The lowest BCUT2D eigenvalue weighted by molar-refractivity contribution is -0.127. The van der Waals surface area contributed by atoms with Crippen molar-refractivity contribution < 1.29 is 19.0 Å². The third-order valence-electron chi connectivity index (χ3n) is 9.10. The normalized spacial score (nSPS) is 13.4. The molecular weight excluding hydrogens is 707 g/mol. The second kappa shape index (κ2) is 18.2. The summed E-state index contributed by atoms with van der Waals surface area (Å²) in [7, 11) is 0. The molecule has 0 unspecified atom stereocenters. The third-order valence-corrected chi connectivity index (χ3v) is 9.60. The summed E-state index contributed by atoms with van der Waals surface area (Å²) in [5, 5.41) is 0.862. The number of rotatable bonds is 14. The summed E-state index contributed by atoms with van der Waals surface area (Å²) in [5.74, 6) is 2.89. The van der Waals surface area contributed by atoms with E-state index in [0.717, 1.165) is 48.5 Å². The topological polar surface area (TPSA) is 77.0 Å². The number of amides is 1. The molecule has 0 saturated carbocycles. The molecule has 3 heterocycles. The quantitative estimate of drug-likeness (QED) is 0.0827. The van der Waals surface area contributed by atoms with Gasteiger partial charge in [-0.25, -0.2) is 9.97 Å². The average Bonchev–Trinajstić information content (AvgIpc) is 3.17. The van der Waals surface area contributed by atoms with Crippen molar-refractivity contribution in [2.24, 2.45) is 0 Å². The van der Waals surface area contributed by atoms with Gasteiger partial charge in [0, 0.05) is 63.0 Å². The van der Waals surface area contributed by atoms with E-state index in [2.05, 4.69) is 77.2 Å². The molecule has 1 aliphatic rings. The first-order chi connectivity index (χ1) is 25.7. The molecule has 2 aromatic heterocycles. The average molecular weight is 752 g/mol. The van der Waals surface area contributed by atoms with E-state index in [4.69, 9.17) is 37.4 Å². The summed E-state index contributed by atoms with van der Waals surface area (Å²) in [6, 6.07) is 27.9. The molecule has 1 amide bonds. The monoisotopic (exact) mass is 750 g/mol. The molecule has 10 heteroatoms. The maximum absolute atomic E-state index is 13.1. The SMILES string of the molecule is Cc1cc(/C=C/C(=O)N2CCN(Cc3ccc(CCOc4ccc(C(C)C)cc4)cc3)CC2)cc(Cl)c1Oc1ccc(OCc2ccc(Cl)nc2)cn1. The fraction of sp³-hybridized carbons (Fsp3) is 0.279. The Hall–Kier alpha value is -4.89. The fourth-order valence-corrected chi connectivity index (χ4v) is 6.39. The predicted octanol–water partition coefficient (Wildman–Crippen LogP) is 9.57. The molecule has 53 heavy (non-hydrogen) atoms. The van der Waals surface area contributed by atoms with E-state index in [1.54, 1.807) is 48.8 Å². The van der Waals surface area contributed by atoms with E-state index < -0.39 is 0 Å². The number of pyridine rings is 2. The van der Waals surface area contributed by atoms with Gasteiger partial charge in [0.15, 0.2) is 5.75 Å². The van der Waals surface area contributed by atoms with Crippen molar-refractivity contribution in [1.29, 1.82) is 0 Å². The van der Waals surface area contributed by atoms with Crippen molar-refractivity contribution in [2.45, 2.75) is 46.3 Å². The highest BCUT2D eigenvalue weighted by Crippen LogP contribution is 2.34. The molecule has 6 rings (SSSR count). The summed E-state index contributed by atoms with van der Waals surface area (Å²) in [6.45, 7) is 11.1. The number of carbonyl (C=O) groups excluding carboxylic acids is 1. The first kappa shape index (κ1) is 37.9. The number of halogens is 2. The van der Waals surface area contributed by atoms with Crippen molar-refractivity contribution in [3.63, 3.8) is 0 Å². The maximum Gasteiger partial charge on any atom is 0.246 e. The Morgan fingerprint density at radius 1 is 0.811 bits per heavy atom. The van der Waals surface area contributed by atoms with Crippen LogP contribution in [0.1, 0.15) is 53.1 Å². The standard InChI is InChI=1S/C43H44Cl2N4O4/c1-30(2)36-10-12-37(13-11-36)51-23-18-32-4-6-33(7-5-32)28-48-19-21-49(22-20-48)42(50)17-9-34-24-31(3)43(39(44)25-34)53-41-16-14-38(27-47-41)52-29-35-8-15-40(45)46-26-35/h4-17,24-27,30H,18-23,28-29H2,1-3H3/b17-9+. The summed E-state index contributed by atoms with van der Waals surface area (Å²) >= 11 is 12.5. The lowest BCUT2D eigenvalue weighted by atomic mass is 10.0. The van der Waals surface area contributed by atoms with Crippen molar-refractivity contribution in [2.75, 3.05) is 32.8 Å². The van der Waals surface area contributed by atoms with Gasteiger partial charge in [-0.05, 0) is 83.1 Å². The fourth-order valence-electron chi connectivity index (χ4n) is 5.96. The van der Waals surface area contributed by atoms with Crippen LogP contribution in [0.3, 0.4) is 0 Å². The van der Waals surface area contributed by atoms with Crippen LogP contribution in [0.4, 0.5) is 0 Å². The highest BCUT2D eigenvalue weighted by Gasteiger charge is 2.20. The molecule has 1 fully saturated rings. The Balaban J connectivity index is 0.922. The highest BCUT2D eigenvalue weighted by molar-refractivity contribution is 6.32. The van der Waals surface area contributed by atoms with Gasteiger partial charge in [0.05, 0.1) is 17.8 Å². The molecule has 0 N–H and O–H groups in total. The Morgan fingerprint density at radius 3 is 2.19 bits per heavy atom. The predicted molar refractivity (Wildman–Crippen MR) is 211 cm³/mol. The number of aryl methyl sites for hydroxylation is 1. The third kappa shape index (κ3) is 11.1. The van der Waals surface area contributed by atoms with Gasteiger partial charge >= 0.3 is 0 Å². The molecule has 0 spiro atoms. The first-order valence-electron chi connectivity index (χ1n) is 17.9. The van der Waals surface area contributed by atoms with Crippen molar-refractivity contribution in [3.8, 4) is 23.1 Å². The van der Waals surface area contributed by atoms with Crippen LogP contribution in [0.25, 0.3) is 6.08 Å². The van der Waals surface area contributed by atoms with Gasteiger partial charge in [-0.2, -0.15) is 0 Å². The molecule has 1 saturated heterocycles. The zero-order valence-corrected chi connectivity index (χ0v) is 31.8. The molecule has 0 aliphatic carbocycles. The number of aromatic nitrogens is 2. The van der Waals surface area contributed by atoms with E-state index in [1.165, 1.54) is 16.7 Å². The van der Waals surface area contributed by atoms with Crippen LogP contribution in [0.2, 0.25) is 10.2 Å². The van der Waals surface area contributed by atoms with Crippen LogP contribution in [-0.2, 0) is 24.4 Å². The lowest BCUT2D eigenvalue weighted by Crippen LogP contribution is -2.47. The van der Waals surface area contributed by atoms with Gasteiger partial charge in [0.1, 0.15) is 23.3 Å². The largest absolute Gasteiger partial charge is 0.493 e. The summed E-state index contributed by atoms with van der Waals surface area (Å²) in [5.41, 5.74) is 6.37. The van der Waals surface area contributed by atoms with Crippen molar-refractivity contribution in [3.05, 3.63) is 147 Å². The molecule has 0 radical (unpaired) electrons. The van der Waals surface area contributed by atoms with Crippen molar-refractivity contribution >= 4 is 35.2 Å². The van der Waals surface area contributed by atoms with E-state index >= 15 is 0 Å². The number of ether oxygens (including phenoxy) is 3. The van der Waals surface area contributed by atoms with Gasteiger partial charge in [0.2, 0.25) is 11.8 Å². The molecule has 0 atom stereocenters. The molecule has 274 valence electrons. The Kier molecular flexibility index (Phi) is 13.0. The Morgan fingerprint density at radius 2 is 1.53 bits per heavy atom. The zero-order valence-electron chi connectivity index (χ0n) is 30.3. The number of hydrogen-bond donors (Lipinski definition) is 0. The summed E-state index contributed by atoms with van der Waals surface area (Å²) < 4.78 is 17.7. The Labute approximate surface area is 322 Å². The minimum Gasteiger partial charge on any atom is -0.493 e. The number of piperazine rings is 1. The highest BCUT2D eigenvalue weighted by atomic mass is 35.5. The number of benzene rings is 3. The van der Waals surface area contributed by atoms with E-state index in [0.29, 0.717) is 59.8 Å². The zero-order chi connectivity index (χ0) is 37.2.